The Labute approximate surface area is 122 Å². The summed E-state index contributed by atoms with van der Waals surface area (Å²) in [4.78, 5) is 16.5. The minimum Gasteiger partial charge on any atom is -0.302 e. The lowest BCUT2D eigenvalue weighted by atomic mass is 9.93. The third-order valence-electron chi connectivity index (χ3n) is 3.14. The number of carbonyl (C=O) groups excluding carboxylic acids is 1. The Morgan fingerprint density at radius 2 is 2.10 bits per heavy atom. The SMILES string of the molecule is Cc1n[nH]c(C)c1CC(=O)Nc1nc(C(C)(C)C)cs1. The fourth-order valence-electron chi connectivity index (χ4n) is 1.83. The van der Waals surface area contributed by atoms with Crippen molar-refractivity contribution in [3.8, 4) is 0 Å². The van der Waals surface area contributed by atoms with Crippen LogP contribution in [0.15, 0.2) is 5.38 Å². The summed E-state index contributed by atoms with van der Waals surface area (Å²) in [5.41, 5.74) is 3.75. The number of nitrogens with zero attached hydrogens (tertiary/aromatic N) is 2. The standard InChI is InChI=1S/C14H20N4OS/c1-8-10(9(2)18-17-8)6-12(19)16-13-15-11(7-20-13)14(3,4)5/h7H,6H2,1-5H3,(H,17,18)(H,15,16,19). The van der Waals surface area contributed by atoms with Crippen molar-refractivity contribution >= 4 is 22.4 Å². The molecule has 108 valence electrons. The van der Waals surface area contributed by atoms with E-state index in [1.54, 1.807) is 0 Å². The van der Waals surface area contributed by atoms with Gasteiger partial charge in [-0.15, -0.1) is 11.3 Å². The number of carbonyl (C=O) groups is 1. The van der Waals surface area contributed by atoms with Crippen molar-refractivity contribution in [1.82, 2.24) is 15.2 Å². The molecule has 6 heteroatoms. The number of rotatable bonds is 3. The highest BCUT2D eigenvalue weighted by molar-refractivity contribution is 7.13. The topological polar surface area (TPSA) is 70.7 Å². The molecule has 0 aliphatic rings. The number of aromatic amines is 1. The van der Waals surface area contributed by atoms with Gasteiger partial charge in [0.25, 0.3) is 0 Å². The normalized spacial score (nSPS) is 11.7. The number of hydrogen-bond donors (Lipinski definition) is 2. The Morgan fingerprint density at radius 3 is 2.60 bits per heavy atom. The highest BCUT2D eigenvalue weighted by atomic mass is 32.1. The molecular weight excluding hydrogens is 272 g/mol. The third-order valence-corrected chi connectivity index (χ3v) is 3.89. The summed E-state index contributed by atoms with van der Waals surface area (Å²) >= 11 is 1.46. The summed E-state index contributed by atoms with van der Waals surface area (Å²) < 4.78 is 0. The maximum Gasteiger partial charge on any atom is 0.230 e. The van der Waals surface area contributed by atoms with E-state index in [0.29, 0.717) is 11.6 Å². The first-order valence-electron chi connectivity index (χ1n) is 6.53. The quantitative estimate of drug-likeness (QED) is 0.913. The van der Waals surface area contributed by atoms with Crippen LogP contribution >= 0.6 is 11.3 Å². The van der Waals surface area contributed by atoms with E-state index in [-0.39, 0.29) is 11.3 Å². The molecule has 0 radical (unpaired) electrons. The van der Waals surface area contributed by atoms with Crippen LogP contribution in [0.4, 0.5) is 5.13 Å². The zero-order valence-corrected chi connectivity index (χ0v) is 13.3. The number of nitrogens with one attached hydrogen (secondary N) is 2. The summed E-state index contributed by atoms with van der Waals surface area (Å²) in [5, 5.41) is 12.5. The highest BCUT2D eigenvalue weighted by Gasteiger charge is 2.18. The molecule has 2 rings (SSSR count). The van der Waals surface area contributed by atoms with Gasteiger partial charge in [0.05, 0.1) is 17.8 Å². The van der Waals surface area contributed by atoms with Crippen molar-refractivity contribution in [2.45, 2.75) is 46.5 Å². The zero-order valence-electron chi connectivity index (χ0n) is 12.5. The average molecular weight is 292 g/mol. The molecule has 2 heterocycles. The fraction of sp³-hybridized carbons (Fsp3) is 0.500. The van der Waals surface area contributed by atoms with Crippen LogP contribution in [0, 0.1) is 13.8 Å². The highest BCUT2D eigenvalue weighted by Crippen LogP contribution is 2.26. The maximum atomic E-state index is 12.1. The van der Waals surface area contributed by atoms with Crippen LogP contribution < -0.4 is 5.32 Å². The van der Waals surface area contributed by atoms with E-state index in [4.69, 9.17) is 0 Å². The van der Waals surface area contributed by atoms with Crippen molar-refractivity contribution < 1.29 is 4.79 Å². The molecule has 1 amide bonds. The van der Waals surface area contributed by atoms with Gasteiger partial charge in [0.2, 0.25) is 5.91 Å². The van der Waals surface area contributed by atoms with Crippen LogP contribution in [0.2, 0.25) is 0 Å². The Morgan fingerprint density at radius 1 is 1.40 bits per heavy atom. The van der Waals surface area contributed by atoms with Gasteiger partial charge in [0.15, 0.2) is 5.13 Å². The van der Waals surface area contributed by atoms with Gasteiger partial charge in [-0.25, -0.2) is 4.98 Å². The van der Waals surface area contributed by atoms with Gasteiger partial charge in [-0.3, -0.25) is 9.89 Å². The molecule has 0 aliphatic carbocycles. The van der Waals surface area contributed by atoms with Gasteiger partial charge in [0, 0.05) is 22.1 Å². The van der Waals surface area contributed by atoms with Gasteiger partial charge >= 0.3 is 0 Å². The molecule has 20 heavy (non-hydrogen) atoms. The number of aromatic nitrogens is 3. The molecule has 0 aromatic carbocycles. The Kier molecular flexibility index (Phi) is 3.94. The number of aryl methyl sites for hydroxylation is 2. The smallest absolute Gasteiger partial charge is 0.230 e. The van der Waals surface area contributed by atoms with Crippen LogP contribution in [0.25, 0.3) is 0 Å². The molecule has 0 atom stereocenters. The molecule has 0 bridgehead atoms. The van der Waals surface area contributed by atoms with E-state index in [9.17, 15) is 4.79 Å². The molecular formula is C14H20N4OS. The molecule has 0 fully saturated rings. The largest absolute Gasteiger partial charge is 0.302 e. The molecule has 0 saturated carbocycles. The number of anilines is 1. The predicted octanol–water partition coefficient (Wildman–Crippen LogP) is 2.96. The lowest BCUT2D eigenvalue weighted by Crippen LogP contribution is -2.16. The van der Waals surface area contributed by atoms with Gasteiger partial charge in [-0.1, -0.05) is 20.8 Å². The molecule has 2 aromatic heterocycles. The fourth-order valence-corrected chi connectivity index (χ4v) is 2.79. The third kappa shape index (κ3) is 3.25. The van der Waals surface area contributed by atoms with Crippen LogP contribution in [0.1, 0.15) is 43.4 Å². The monoisotopic (exact) mass is 292 g/mol. The van der Waals surface area contributed by atoms with Crippen LogP contribution in [0.5, 0.6) is 0 Å². The molecule has 5 nitrogen and oxygen atoms in total. The van der Waals surface area contributed by atoms with Crippen molar-refractivity contribution in [2.75, 3.05) is 5.32 Å². The minimum atomic E-state index is -0.0626. The van der Waals surface area contributed by atoms with Gasteiger partial charge in [0.1, 0.15) is 0 Å². The van der Waals surface area contributed by atoms with Gasteiger partial charge < -0.3 is 5.32 Å². The number of thiazole rings is 1. The molecule has 2 aromatic rings. The lowest BCUT2D eigenvalue weighted by molar-refractivity contribution is -0.115. The lowest BCUT2D eigenvalue weighted by Gasteiger charge is -2.14. The predicted molar refractivity (Wildman–Crippen MR) is 81.2 cm³/mol. The Balaban J connectivity index is 2.04. The summed E-state index contributed by atoms with van der Waals surface area (Å²) in [6.07, 6.45) is 0.318. The number of hydrogen-bond acceptors (Lipinski definition) is 4. The zero-order chi connectivity index (χ0) is 14.9. The van der Waals surface area contributed by atoms with E-state index in [2.05, 4.69) is 41.3 Å². The Hall–Kier alpha value is -1.69. The number of amides is 1. The van der Waals surface area contributed by atoms with Crippen LogP contribution in [0.3, 0.4) is 0 Å². The Bertz CT molecular complexity index is 602. The maximum absolute atomic E-state index is 12.1. The van der Waals surface area contributed by atoms with Crippen LogP contribution in [-0.4, -0.2) is 21.1 Å². The molecule has 0 aliphatic heterocycles. The summed E-state index contributed by atoms with van der Waals surface area (Å²) in [6.45, 7) is 10.1. The van der Waals surface area contributed by atoms with Crippen molar-refractivity contribution in [1.29, 1.82) is 0 Å². The molecule has 2 N–H and O–H groups in total. The first kappa shape index (κ1) is 14.7. The number of H-pyrrole nitrogens is 1. The first-order chi connectivity index (χ1) is 9.27. The average Bonchev–Trinajstić information content (AvgIpc) is 2.90. The summed E-state index contributed by atoms with van der Waals surface area (Å²) in [7, 11) is 0. The summed E-state index contributed by atoms with van der Waals surface area (Å²) in [6, 6.07) is 0. The first-order valence-corrected chi connectivity index (χ1v) is 7.41. The molecule has 0 unspecified atom stereocenters. The second-order valence-electron chi connectivity index (χ2n) is 5.93. The van der Waals surface area contributed by atoms with E-state index in [1.165, 1.54) is 11.3 Å². The van der Waals surface area contributed by atoms with E-state index >= 15 is 0 Å². The molecule has 0 spiro atoms. The second-order valence-corrected chi connectivity index (χ2v) is 6.78. The van der Waals surface area contributed by atoms with Gasteiger partial charge in [-0.2, -0.15) is 5.10 Å². The van der Waals surface area contributed by atoms with E-state index in [1.807, 2.05) is 19.2 Å². The van der Waals surface area contributed by atoms with Crippen molar-refractivity contribution in [2.24, 2.45) is 0 Å². The van der Waals surface area contributed by atoms with Crippen molar-refractivity contribution in [3.63, 3.8) is 0 Å². The second kappa shape index (κ2) is 5.36. The minimum absolute atomic E-state index is 0.00277. The molecule has 0 saturated heterocycles. The van der Waals surface area contributed by atoms with Gasteiger partial charge in [-0.05, 0) is 13.8 Å². The van der Waals surface area contributed by atoms with E-state index in [0.717, 1.165) is 22.6 Å². The summed E-state index contributed by atoms with van der Waals surface area (Å²) in [5.74, 6) is -0.0626. The van der Waals surface area contributed by atoms with Crippen molar-refractivity contribution in [3.05, 3.63) is 28.0 Å². The van der Waals surface area contributed by atoms with Crippen LogP contribution in [-0.2, 0) is 16.6 Å². The van der Waals surface area contributed by atoms with E-state index < -0.39 is 0 Å².